The van der Waals surface area contributed by atoms with Crippen LogP contribution in [-0.2, 0) is 4.74 Å². The number of aliphatic hydroxyl groups is 2. The van der Waals surface area contributed by atoms with Crippen LogP contribution in [-0.4, -0.2) is 40.3 Å². The highest BCUT2D eigenvalue weighted by Gasteiger charge is 2.18. The van der Waals surface area contributed by atoms with Gasteiger partial charge in [0.05, 0.1) is 19.1 Å². The number of aromatic amines is 1. The zero-order valence-corrected chi connectivity index (χ0v) is 11.0. The summed E-state index contributed by atoms with van der Waals surface area (Å²) in [6.45, 7) is 0. The molecule has 19 heavy (non-hydrogen) atoms. The van der Waals surface area contributed by atoms with Gasteiger partial charge in [0.2, 0.25) is 0 Å². The molecule has 2 aromatic rings. The Hall–Kier alpha value is -1.56. The lowest BCUT2D eigenvalue weighted by Crippen LogP contribution is -2.19. The first-order valence-corrected chi connectivity index (χ1v) is 6.23. The molecule has 2 unspecified atom stereocenters. The summed E-state index contributed by atoms with van der Waals surface area (Å²) in [6, 6.07) is 6.76. The van der Waals surface area contributed by atoms with E-state index in [-0.39, 0.29) is 5.88 Å². The molecule has 0 spiro atoms. The molecule has 0 aliphatic heterocycles. The molecule has 0 aliphatic rings. The molecule has 0 saturated carbocycles. The zero-order chi connectivity index (χ0) is 14.0. The monoisotopic (exact) mass is 283 g/mol. The number of benzene rings is 1. The first-order valence-electron chi connectivity index (χ1n) is 5.70. The van der Waals surface area contributed by atoms with Crippen molar-refractivity contribution in [3.05, 3.63) is 35.5 Å². The van der Waals surface area contributed by atoms with Crippen LogP contribution in [0.2, 0.25) is 0 Å². The van der Waals surface area contributed by atoms with Crippen molar-refractivity contribution in [3.63, 3.8) is 0 Å². The molecule has 0 saturated heterocycles. The van der Waals surface area contributed by atoms with E-state index in [1.807, 2.05) is 0 Å². The highest BCUT2D eigenvalue weighted by Crippen LogP contribution is 2.23. The normalized spacial score (nSPS) is 14.3. The van der Waals surface area contributed by atoms with Crippen LogP contribution in [0.4, 0.5) is 0 Å². The van der Waals surface area contributed by atoms with E-state index in [0.717, 1.165) is 5.39 Å². The predicted octanol–water partition coefficient (Wildman–Crippen LogP) is 1.59. The van der Waals surface area contributed by atoms with Crippen LogP contribution in [0.1, 0.15) is 22.2 Å². The lowest BCUT2D eigenvalue weighted by Gasteiger charge is -2.15. The Bertz CT molecular complexity index is 595. The maximum Gasteiger partial charge on any atom is 0.354 e. The maximum absolute atomic E-state index is 11.4. The summed E-state index contributed by atoms with van der Waals surface area (Å²) in [5.74, 6) is -0.517. The number of ether oxygens (including phenoxy) is 1. The number of rotatable bonds is 4. The number of alkyl halides is 1. The SMILES string of the molecule is COC(=O)c1cc2ccc(C(O)C(O)CCl)cc2[nH]1. The van der Waals surface area contributed by atoms with Crippen molar-refractivity contribution in [2.24, 2.45) is 0 Å². The topological polar surface area (TPSA) is 82.6 Å². The van der Waals surface area contributed by atoms with Crippen molar-refractivity contribution in [1.82, 2.24) is 4.98 Å². The molecule has 0 bridgehead atoms. The second-order valence-corrected chi connectivity index (χ2v) is 4.50. The van der Waals surface area contributed by atoms with Crippen LogP contribution < -0.4 is 0 Å². The van der Waals surface area contributed by atoms with Crippen LogP contribution in [0.3, 0.4) is 0 Å². The van der Waals surface area contributed by atoms with E-state index < -0.39 is 18.2 Å². The number of esters is 1. The summed E-state index contributed by atoms with van der Waals surface area (Å²) >= 11 is 5.50. The summed E-state index contributed by atoms with van der Waals surface area (Å²) in [6.07, 6.45) is -2.10. The summed E-state index contributed by atoms with van der Waals surface area (Å²) in [5, 5.41) is 20.2. The fourth-order valence-electron chi connectivity index (χ4n) is 1.86. The molecule has 0 amide bonds. The van der Waals surface area contributed by atoms with Gasteiger partial charge in [0.1, 0.15) is 11.8 Å². The van der Waals surface area contributed by atoms with E-state index in [0.29, 0.717) is 16.8 Å². The number of methoxy groups -OCH3 is 1. The van der Waals surface area contributed by atoms with Gasteiger partial charge >= 0.3 is 5.97 Å². The molecule has 1 aromatic heterocycles. The Morgan fingerprint density at radius 2 is 2.16 bits per heavy atom. The molecule has 1 heterocycles. The quantitative estimate of drug-likeness (QED) is 0.588. The van der Waals surface area contributed by atoms with Crippen LogP contribution in [0.25, 0.3) is 10.9 Å². The van der Waals surface area contributed by atoms with Crippen molar-refractivity contribution in [2.45, 2.75) is 12.2 Å². The molecule has 0 radical (unpaired) electrons. The van der Waals surface area contributed by atoms with Crippen molar-refractivity contribution in [3.8, 4) is 0 Å². The Balaban J connectivity index is 2.37. The largest absolute Gasteiger partial charge is 0.464 e. The second-order valence-electron chi connectivity index (χ2n) is 4.19. The van der Waals surface area contributed by atoms with E-state index in [1.165, 1.54) is 7.11 Å². The molecule has 102 valence electrons. The van der Waals surface area contributed by atoms with Crippen LogP contribution in [0, 0.1) is 0 Å². The van der Waals surface area contributed by atoms with E-state index >= 15 is 0 Å². The van der Waals surface area contributed by atoms with E-state index in [1.54, 1.807) is 24.3 Å². The van der Waals surface area contributed by atoms with Gasteiger partial charge in [-0.3, -0.25) is 0 Å². The Kier molecular flexibility index (Phi) is 4.09. The average Bonchev–Trinajstić information content (AvgIpc) is 2.87. The van der Waals surface area contributed by atoms with Crippen LogP contribution >= 0.6 is 11.6 Å². The van der Waals surface area contributed by atoms with Crippen molar-refractivity contribution >= 4 is 28.5 Å². The summed E-state index contributed by atoms with van der Waals surface area (Å²) in [7, 11) is 1.31. The molecule has 3 N–H and O–H groups in total. The van der Waals surface area contributed by atoms with E-state index in [2.05, 4.69) is 9.72 Å². The van der Waals surface area contributed by atoms with Gasteiger partial charge in [0, 0.05) is 10.9 Å². The minimum Gasteiger partial charge on any atom is -0.464 e. The lowest BCUT2D eigenvalue weighted by molar-refractivity contribution is 0.0328. The maximum atomic E-state index is 11.4. The molecular weight excluding hydrogens is 270 g/mol. The Morgan fingerprint density at radius 1 is 1.42 bits per heavy atom. The van der Waals surface area contributed by atoms with Gasteiger partial charge in [-0.2, -0.15) is 0 Å². The number of H-pyrrole nitrogens is 1. The van der Waals surface area contributed by atoms with E-state index in [4.69, 9.17) is 11.6 Å². The fourth-order valence-corrected chi connectivity index (χ4v) is 2.02. The smallest absolute Gasteiger partial charge is 0.354 e. The molecule has 2 rings (SSSR count). The predicted molar refractivity (Wildman–Crippen MR) is 71.3 cm³/mol. The highest BCUT2D eigenvalue weighted by molar-refractivity contribution is 6.18. The van der Waals surface area contributed by atoms with Gasteiger partial charge in [-0.15, -0.1) is 11.6 Å². The number of carbonyl (C=O) groups excluding carboxylic acids is 1. The molecule has 2 atom stereocenters. The molecule has 5 nitrogen and oxygen atoms in total. The molecule has 0 fully saturated rings. The number of halogens is 1. The van der Waals surface area contributed by atoms with E-state index in [9.17, 15) is 15.0 Å². The lowest BCUT2D eigenvalue weighted by atomic mass is 10.0. The van der Waals surface area contributed by atoms with Gasteiger partial charge in [0.15, 0.2) is 0 Å². The number of fused-ring (bicyclic) bond motifs is 1. The van der Waals surface area contributed by atoms with Crippen LogP contribution in [0.5, 0.6) is 0 Å². The van der Waals surface area contributed by atoms with Gasteiger partial charge in [-0.05, 0) is 17.7 Å². The average molecular weight is 284 g/mol. The summed E-state index contributed by atoms with van der Waals surface area (Å²) in [4.78, 5) is 14.3. The third kappa shape index (κ3) is 2.73. The standard InChI is InChI=1S/C13H14ClNO4/c1-19-13(18)10-4-7-2-3-8(5-9(7)15-10)12(17)11(16)6-14/h2-5,11-12,15-17H,6H2,1H3. The third-order valence-electron chi connectivity index (χ3n) is 2.92. The number of hydrogen-bond acceptors (Lipinski definition) is 4. The molecule has 6 heteroatoms. The highest BCUT2D eigenvalue weighted by atomic mass is 35.5. The number of aliphatic hydroxyl groups excluding tert-OH is 2. The fraction of sp³-hybridized carbons (Fsp3) is 0.308. The van der Waals surface area contributed by atoms with Gasteiger partial charge in [-0.25, -0.2) is 4.79 Å². The first-order chi connectivity index (χ1) is 9.06. The molecular formula is C13H14ClNO4. The number of nitrogens with one attached hydrogen (secondary N) is 1. The first kappa shape index (κ1) is 13.9. The summed E-state index contributed by atoms with van der Waals surface area (Å²) in [5.41, 5.74) is 1.54. The number of hydrogen-bond donors (Lipinski definition) is 3. The third-order valence-corrected chi connectivity index (χ3v) is 3.23. The minimum absolute atomic E-state index is 0.0582. The van der Waals surface area contributed by atoms with Crippen molar-refractivity contribution < 1.29 is 19.7 Å². The van der Waals surface area contributed by atoms with Crippen molar-refractivity contribution in [1.29, 1.82) is 0 Å². The van der Waals surface area contributed by atoms with Crippen molar-refractivity contribution in [2.75, 3.05) is 13.0 Å². The molecule has 1 aromatic carbocycles. The minimum atomic E-state index is -1.06. The van der Waals surface area contributed by atoms with Gasteiger partial charge in [-0.1, -0.05) is 12.1 Å². The van der Waals surface area contributed by atoms with Gasteiger partial charge < -0.3 is 19.9 Å². The van der Waals surface area contributed by atoms with Crippen LogP contribution in [0.15, 0.2) is 24.3 Å². The van der Waals surface area contributed by atoms with Gasteiger partial charge in [0.25, 0.3) is 0 Å². The Labute approximate surface area is 114 Å². The molecule has 0 aliphatic carbocycles. The number of aromatic nitrogens is 1. The number of carbonyl (C=O) groups is 1. The summed E-state index contributed by atoms with van der Waals surface area (Å²) < 4.78 is 4.62. The zero-order valence-electron chi connectivity index (χ0n) is 10.3. The Morgan fingerprint density at radius 3 is 2.79 bits per heavy atom. The second kappa shape index (κ2) is 5.61.